The number of rotatable bonds is 4. The van der Waals surface area contributed by atoms with Gasteiger partial charge in [0, 0.05) is 11.3 Å². The Morgan fingerprint density at radius 1 is 1.27 bits per heavy atom. The third kappa shape index (κ3) is 2.57. The van der Waals surface area contributed by atoms with Crippen LogP contribution >= 0.6 is 11.8 Å². The van der Waals surface area contributed by atoms with Gasteiger partial charge in [-0.15, -0.1) is 10.2 Å². The third-order valence-corrected chi connectivity index (χ3v) is 4.28. The highest BCUT2D eigenvalue weighted by Crippen LogP contribution is 2.27. The average Bonchev–Trinajstić information content (AvgIpc) is 3.02. The van der Waals surface area contributed by atoms with Crippen molar-refractivity contribution in [1.29, 1.82) is 0 Å². The van der Waals surface area contributed by atoms with Crippen molar-refractivity contribution in [1.82, 2.24) is 20.0 Å². The molecule has 3 aromatic rings. The van der Waals surface area contributed by atoms with Gasteiger partial charge in [-0.05, 0) is 26.0 Å². The molecule has 2 N–H and O–H groups in total. The van der Waals surface area contributed by atoms with E-state index in [2.05, 4.69) is 15.4 Å². The molecule has 0 bridgehead atoms. The quantitative estimate of drug-likeness (QED) is 0.588. The SMILES string of the molecule is Cc1noc(C)c1CSc1nnc(-c2ccccc2F)n1N. The van der Waals surface area contributed by atoms with E-state index in [0.717, 1.165) is 17.0 Å². The van der Waals surface area contributed by atoms with E-state index >= 15 is 0 Å². The van der Waals surface area contributed by atoms with Crippen LogP contribution in [-0.2, 0) is 5.75 Å². The molecule has 0 fully saturated rings. The fourth-order valence-corrected chi connectivity index (χ4v) is 3.06. The number of halogens is 1. The standard InChI is InChI=1S/C14H14FN5OS/c1-8-11(9(2)21-19-8)7-22-14-18-17-13(20(14)16)10-5-3-4-6-12(10)15/h3-6H,7,16H2,1-2H3. The average molecular weight is 319 g/mol. The summed E-state index contributed by atoms with van der Waals surface area (Å²) in [5.74, 6) is 7.26. The molecule has 3 rings (SSSR count). The molecule has 0 spiro atoms. The van der Waals surface area contributed by atoms with Crippen LogP contribution in [0.4, 0.5) is 4.39 Å². The van der Waals surface area contributed by atoms with Crippen LogP contribution in [0.2, 0.25) is 0 Å². The van der Waals surface area contributed by atoms with Crippen LogP contribution in [0.15, 0.2) is 33.9 Å². The van der Waals surface area contributed by atoms with Gasteiger partial charge in [-0.2, -0.15) is 0 Å². The molecule has 0 amide bonds. The van der Waals surface area contributed by atoms with Crippen LogP contribution in [-0.4, -0.2) is 20.0 Å². The number of hydrogen-bond donors (Lipinski definition) is 1. The second kappa shape index (κ2) is 5.80. The van der Waals surface area contributed by atoms with Crippen LogP contribution in [0.3, 0.4) is 0 Å². The summed E-state index contributed by atoms with van der Waals surface area (Å²) in [5, 5.41) is 12.4. The summed E-state index contributed by atoms with van der Waals surface area (Å²) in [6.45, 7) is 3.73. The molecule has 0 unspecified atom stereocenters. The van der Waals surface area contributed by atoms with Gasteiger partial charge >= 0.3 is 0 Å². The zero-order chi connectivity index (χ0) is 15.7. The minimum Gasteiger partial charge on any atom is -0.361 e. The fourth-order valence-electron chi connectivity index (χ4n) is 2.05. The minimum atomic E-state index is -0.385. The maximum Gasteiger partial charge on any atom is 0.210 e. The Morgan fingerprint density at radius 3 is 2.73 bits per heavy atom. The number of hydrogen-bond acceptors (Lipinski definition) is 6. The lowest BCUT2D eigenvalue weighted by atomic mass is 10.2. The Morgan fingerprint density at radius 2 is 2.05 bits per heavy atom. The van der Waals surface area contributed by atoms with Gasteiger partial charge in [0.25, 0.3) is 0 Å². The monoisotopic (exact) mass is 319 g/mol. The maximum atomic E-state index is 13.8. The van der Waals surface area contributed by atoms with Crippen molar-refractivity contribution >= 4 is 11.8 Å². The van der Waals surface area contributed by atoms with Gasteiger partial charge in [0.05, 0.1) is 11.3 Å². The molecule has 2 heterocycles. The highest BCUT2D eigenvalue weighted by molar-refractivity contribution is 7.98. The maximum absolute atomic E-state index is 13.8. The number of aryl methyl sites for hydroxylation is 2. The summed E-state index contributed by atoms with van der Waals surface area (Å²) in [7, 11) is 0. The van der Waals surface area contributed by atoms with Crippen molar-refractivity contribution in [2.24, 2.45) is 0 Å². The van der Waals surface area contributed by atoms with Crippen LogP contribution in [0, 0.1) is 19.7 Å². The number of benzene rings is 1. The fraction of sp³-hybridized carbons (Fsp3) is 0.214. The first-order chi connectivity index (χ1) is 10.6. The summed E-state index contributed by atoms with van der Waals surface area (Å²) < 4.78 is 20.2. The van der Waals surface area contributed by atoms with E-state index in [1.54, 1.807) is 18.2 Å². The molecule has 1 aromatic carbocycles. The van der Waals surface area contributed by atoms with E-state index in [4.69, 9.17) is 10.4 Å². The molecule has 0 atom stereocenters. The molecule has 0 saturated heterocycles. The molecule has 0 radical (unpaired) electrons. The van der Waals surface area contributed by atoms with E-state index in [1.807, 2.05) is 13.8 Å². The van der Waals surface area contributed by atoms with Gasteiger partial charge in [-0.3, -0.25) is 0 Å². The molecule has 114 valence electrons. The normalized spacial score (nSPS) is 11.0. The first-order valence-electron chi connectivity index (χ1n) is 6.58. The van der Waals surface area contributed by atoms with Crippen molar-refractivity contribution in [3.05, 3.63) is 47.1 Å². The largest absolute Gasteiger partial charge is 0.361 e. The van der Waals surface area contributed by atoms with Crippen LogP contribution in [0.1, 0.15) is 17.0 Å². The Bertz CT molecular complexity index is 794. The lowest BCUT2D eigenvalue weighted by Gasteiger charge is -2.04. The van der Waals surface area contributed by atoms with Crippen LogP contribution in [0.25, 0.3) is 11.4 Å². The summed E-state index contributed by atoms with van der Waals surface area (Å²) in [6.07, 6.45) is 0. The first-order valence-corrected chi connectivity index (χ1v) is 7.56. The Kier molecular flexibility index (Phi) is 3.84. The molecule has 2 aromatic heterocycles. The van der Waals surface area contributed by atoms with Crippen molar-refractivity contribution in [2.45, 2.75) is 24.8 Å². The van der Waals surface area contributed by atoms with Gasteiger partial charge < -0.3 is 10.4 Å². The summed E-state index contributed by atoms with van der Waals surface area (Å²) in [6, 6.07) is 6.32. The Hall–Kier alpha value is -2.35. The number of thioether (sulfide) groups is 1. The van der Waals surface area contributed by atoms with Gasteiger partial charge in [-0.1, -0.05) is 29.1 Å². The molecule has 0 aliphatic carbocycles. The molecular formula is C14H14FN5OS. The third-order valence-electron chi connectivity index (χ3n) is 3.31. The minimum absolute atomic E-state index is 0.291. The van der Waals surface area contributed by atoms with E-state index in [0.29, 0.717) is 22.3 Å². The molecule has 8 heteroatoms. The predicted octanol–water partition coefficient (Wildman–Crippen LogP) is 2.70. The zero-order valence-electron chi connectivity index (χ0n) is 12.1. The Labute approximate surface area is 130 Å². The first kappa shape index (κ1) is 14.6. The van der Waals surface area contributed by atoms with Crippen LogP contribution in [0.5, 0.6) is 0 Å². The second-order valence-electron chi connectivity index (χ2n) is 4.75. The highest BCUT2D eigenvalue weighted by atomic mass is 32.2. The van der Waals surface area contributed by atoms with Crippen molar-refractivity contribution < 1.29 is 8.91 Å². The van der Waals surface area contributed by atoms with Gasteiger partial charge in [0.15, 0.2) is 5.82 Å². The van der Waals surface area contributed by atoms with Crippen molar-refractivity contribution in [3.63, 3.8) is 0 Å². The van der Waals surface area contributed by atoms with Crippen LogP contribution < -0.4 is 5.84 Å². The second-order valence-corrected chi connectivity index (χ2v) is 5.69. The van der Waals surface area contributed by atoms with E-state index in [-0.39, 0.29) is 5.82 Å². The molecule has 22 heavy (non-hydrogen) atoms. The van der Waals surface area contributed by atoms with Crippen molar-refractivity contribution in [3.8, 4) is 11.4 Å². The lowest BCUT2D eigenvalue weighted by molar-refractivity contribution is 0.392. The highest BCUT2D eigenvalue weighted by Gasteiger charge is 2.17. The Balaban J connectivity index is 1.84. The topological polar surface area (TPSA) is 82.8 Å². The molecule has 6 nitrogen and oxygen atoms in total. The smallest absolute Gasteiger partial charge is 0.210 e. The van der Waals surface area contributed by atoms with Gasteiger partial charge in [0.2, 0.25) is 5.16 Å². The van der Waals surface area contributed by atoms with Gasteiger partial charge in [0.1, 0.15) is 11.6 Å². The zero-order valence-corrected chi connectivity index (χ0v) is 12.9. The number of aromatic nitrogens is 4. The van der Waals surface area contributed by atoms with Gasteiger partial charge in [-0.25, -0.2) is 9.07 Å². The number of nitrogen functional groups attached to an aromatic ring is 1. The molecule has 0 saturated carbocycles. The summed E-state index contributed by atoms with van der Waals surface area (Å²) in [4.78, 5) is 0. The summed E-state index contributed by atoms with van der Waals surface area (Å²) >= 11 is 1.40. The molecule has 0 aliphatic rings. The van der Waals surface area contributed by atoms with E-state index in [1.165, 1.54) is 22.5 Å². The molecule has 0 aliphatic heterocycles. The molecular weight excluding hydrogens is 305 g/mol. The van der Waals surface area contributed by atoms with Crippen molar-refractivity contribution in [2.75, 3.05) is 5.84 Å². The lowest BCUT2D eigenvalue weighted by Crippen LogP contribution is -2.12. The predicted molar refractivity (Wildman–Crippen MR) is 81.1 cm³/mol. The number of nitrogens with two attached hydrogens (primary N) is 1. The van der Waals surface area contributed by atoms with E-state index in [9.17, 15) is 4.39 Å². The number of nitrogens with zero attached hydrogens (tertiary/aromatic N) is 4. The summed E-state index contributed by atoms with van der Waals surface area (Å²) in [5.41, 5.74) is 2.16. The van der Waals surface area contributed by atoms with E-state index < -0.39 is 0 Å².